The van der Waals surface area contributed by atoms with Crippen molar-refractivity contribution in [1.82, 2.24) is 0 Å². The lowest BCUT2D eigenvalue weighted by Crippen LogP contribution is -2.19. The van der Waals surface area contributed by atoms with Crippen LogP contribution >= 0.6 is 0 Å². The van der Waals surface area contributed by atoms with Crippen LogP contribution in [0.25, 0.3) is 0 Å². The highest BCUT2D eigenvalue weighted by molar-refractivity contribution is 7.86. The maximum atomic E-state index is 11.8. The Balaban J connectivity index is 2.53. The summed E-state index contributed by atoms with van der Waals surface area (Å²) in [5.41, 5.74) is 0.202. The van der Waals surface area contributed by atoms with Gasteiger partial charge in [-0.15, -0.1) is 0 Å². The van der Waals surface area contributed by atoms with Crippen molar-refractivity contribution in [2.45, 2.75) is 44.1 Å². The largest absolute Gasteiger partial charge is 0.390 e. The molecule has 102 valence electrons. The van der Waals surface area contributed by atoms with Crippen LogP contribution in [0, 0.1) is 6.92 Å². The first kappa shape index (κ1) is 15.1. The minimum Gasteiger partial charge on any atom is -0.390 e. The summed E-state index contributed by atoms with van der Waals surface area (Å²) in [5.74, 6) is 0. The molecule has 1 rings (SSSR count). The Hall–Kier alpha value is -0.910. The Morgan fingerprint density at radius 1 is 1.22 bits per heavy atom. The molecule has 1 aromatic rings. The molecule has 0 aromatic heterocycles. The summed E-state index contributed by atoms with van der Waals surface area (Å²) in [6, 6.07) is 6.52. The third-order valence-corrected chi connectivity index (χ3v) is 3.81. The second-order valence-electron chi connectivity index (χ2n) is 5.01. The Morgan fingerprint density at radius 2 is 1.78 bits per heavy atom. The van der Waals surface area contributed by atoms with E-state index in [1.807, 2.05) is 6.92 Å². The van der Waals surface area contributed by atoms with Crippen molar-refractivity contribution in [3.8, 4) is 0 Å². The highest BCUT2D eigenvalue weighted by Gasteiger charge is 2.16. The minimum absolute atomic E-state index is 0.0835. The van der Waals surface area contributed by atoms with Gasteiger partial charge in [0, 0.05) is 0 Å². The third kappa shape index (κ3) is 5.16. The van der Waals surface area contributed by atoms with Crippen molar-refractivity contribution in [3.05, 3.63) is 29.8 Å². The standard InChI is InChI=1S/C13H20O4S/c1-11-5-7-12(8-6-11)18(15,16)17-10-4-9-13(2,3)14/h5-8,14H,4,9-10H2,1-3H3. The van der Waals surface area contributed by atoms with E-state index in [9.17, 15) is 13.5 Å². The first-order chi connectivity index (χ1) is 8.21. The molecular weight excluding hydrogens is 252 g/mol. The van der Waals surface area contributed by atoms with E-state index in [0.717, 1.165) is 5.56 Å². The van der Waals surface area contributed by atoms with Gasteiger partial charge in [-0.05, 0) is 45.7 Å². The van der Waals surface area contributed by atoms with Crippen LogP contribution in [0.3, 0.4) is 0 Å². The molecule has 0 saturated heterocycles. The fourth-order valence-electron chi connectivity index (χ4n) is 1.45. The SMILES string of the molecule is Cc1ccc(S(=O)(=O)OCCCC(C)(C)O)cc1. The number of hydrogen-bond acceptors (Lipinski definition) is 4. The molecule has 0 saturated carbocycles. The minimum atomic E-state index is -3.68. The highest BCUT2D eigenvalue weighted by atomic mass is 32.2. The van der Waals surface area contributed by atoms with Gasteiger partial charge in [-0.2, -0.15) is 8.42 Å². The molecule has 0 spiro atoms. The van der Waals surface area contributed by atoms with E-state index in [-0.39, 0.29) is 11.5 Å². The predicted octanol–water partition coefficient (Wildman–Crippen LogP) is 2.25. The number of aliphatic hydroxyl groups is 1. The molecule has 0 fully saturated rings. The lowest BCUT2D eigenvalue weighted by atomic mass is 10.0. The van der Waals surface area contributed by atoms with Gasteiger partial charge in [0.2, 0.25) is 0 Å². The smallest absolute Gasteiger partial charge is 0.296 e. The summed E-state index contributed by atoms with van der Waals surface area (Å²) in [6.45, 7) is 5.34. The quantitative estimate of drug-likeness (QED) is 0.637. The predicted molar refractivity (Wildman–Crippen MR) is 69.8 cm³/mol. The molecule has 1 N–H and O–H groups in total. The Labute approximate surface area is 109 Å². The van der Waals surface area contributed by atoms with Gasteiger partial charge in [-0.3, -0.25) is 4.18 Å². The van der Waals surface area contributed by atoms with Crippen LogP contribution in [0.15, 0.2) is 29.2 Å². The van der Waals surface area contributed by atoms with E-state index < -0.39 is 15.7 Å². The van der Waals surface area contributed by atoms with Gasteiger partial charge < -0.3 is 5.11 Å². The molecule has 0 atom stereocenters. The van der Waals surface area contributed by atoms with Gasteiger partial charge in [0.1, 0.15) is 0 Å². The van der Waals surface area contributed by atoms with Crippen LogP contribution in [-0.4, -0.2) is 25.7 Å². The van der Waals surface area contributed by atoms with Crippen LogP contribution in [0.1, 0.15) is 32.3 Å². The van der Waals surface area contributed by atoms with E-state index >= 15 is 0 Å². The van der Waals surface area contributed by atoms with E-state index in [1.54, 1.807) is 26.0 Å². The van der Waals surface area contributed by atoms with E-state index in [0.29, 0.717) is 12.8 Å². The second-order valence-corrected chi connectivity index (χ2v) is 6.62. The second kappa shape index (κ2) is 5.82. The summed E-state index contributed by atoms with van der Waals surface area (Å²) >= 11 is 0. The summed E-state index contributed by atoms with van der Waals surface area (Å²) in [5, 5.41) is 9.49. The zero-order valence-corrected chi connectivity index (χ0v) is 11.8. The molecule has 0 aliphatic rings. The Kier molecular flexibility index (Phi) is 4.90. The maximum absolute atomic E-state index is 11.8. The summed E-state index contributed by atoms with van der Waals surface area (Å²) in [6.07, 6.45) is 0.991. The molecule has 0 aliphatic carbocycles. The zero-order chi connectivity index (χ0) is 13.8. The topological polar surface area (TPSA) is 63.6 Å². The van der Waals surface area contributed by atoms with Crippen molar-refractivity contribution >= 4 is 10.1 Å². The van der Waals surface area contributed by atoms with Gasteiger partial charge >= 0.3 is 0 Å². The molecule has 0 amide bonds. The first-order valence-corrected chi connectivity index (χ1v) is 7.30. The van der Waals surface area contributed by atoms with Gasteiger partial charge in [0.25, 0.3) is 10.1 Å². The van der Waals surface area contributed by atoms with Crippen LogP contribution < -0.4 is 0 Å². The van der Waals surface area contributed by atoms with Crippen molar-refractivity contribution in [2.75, 3.05) is 6.61 Å². The molecule has 0 radical (unpaired) electrons. The summed E-state index contributed by atoms with van der Waals surface area (Å²) in [7, 11) is -3.68. The number of aryl methyl sites for hydroxylation is 1. The normalized spacial score (nSPS) is 12.7. The fourth-order valence-corrected chi connectivity index (χ4v) is 2.39. The Morgan fingerprint density at radius 3 is 2.28 bits per heavy atom. The van der Waals surface area contributed by atoms with Gasteiger partial charge in [0.15, 0.2) is 0 Å². The fraction of sp³-hybridized carbons (Fsp3) is 0.538. The average Bonchev–Trinajstić information content (AvgIpc) is 2.24. The maximum Gasteiger partial charge on any atom is 0.296 e. The molecule has 5 heteroatoms. The molecule has 1 aromatic carbocycles. The van der Waals surface area contributed by atoms with E-state index in [4.69, 9.17) is 4.18 Å². The number of benzene rings is 1. The molecule has 0 bridgehead atoms. The van der Waals surface area contributed by atoms with Gasteiger partial charge in [0.05, 0.1) is 17.1 Å². The molecule has 0 heterocycles. The van der Waals surface area contributed by atoms with Crippen molar-refractivity contribution in [2.24, 2.45) is 0 Å². The zero-order valence-electron chi connectivity index (χ0n) is 11.0. The van der Waals surface area contributed by atoms with E-state index in [1.165, 1.54) is 12.1 Å². The third-order valence-electron chi connectivity index (χ3n) is 2.48. The van der Waals surface area contributed by atoms with Crippen LogP contribution in [0.4, 0.5) is 0 Å². The van der Waals surface area contributed by atoms with Crippen molar-refractivity contribution in [1.29, 1.82) is 0 Å². The molecule has 18 heavy (non-hydrogen) atoms. The van der Waals surface area contributed by atoms with Gasteiger partial charge in [-0.1, -0.05) is 17.7 Å². The average molecular weight is 272 g/mol. The van der Waals surface area contributed by atoms with Gasteiger partial charge in [-0.25, -0.2) is 0 Å². The first-order valence-electron chi connectivity index (χ1n) is 5.89. The molecule has 0 aliphatic heterocycles. The van der Waals surface area contributed by atoms with Crippen LogP contribution in [0.5, 0.6) is 0 Å². The lowest BCUT2D eigenvalue weighted by molar-refractivity contribution is 0.0643. The van der Waals surface area contributed by atoms with Crippen LogP contribution in [-0.2, 0) is 14.3 Å². The van der Waals surface area contributed by atoms with Crippen molar-refractivity contribution < 1.29 is 17.7 Å². The highest BCUT2D eigenvalue weighted by Crippen LogP contribution is 2.15. The van der Waals surface area contributed by atoms with Crippen molar-refractivity contribution in [3.63, 3.8) is 0 Å². The monoisotopic (exact) mass is 272 g/mol. The molecular formula is C13H20O4S. The summed E-state index contributed by atoms with van der Waals surface area (Å²) < 4.78 is 28.5. The molecule has 4 nitrogen and oxygen atoms in total. The number of hydrogen-bond donors (Lipinski definition) is 1. The molecule has 0 unspecified atom stereocenters. The van der Waals surface area contributed by atoms with E-state index in [2.05, 4.69) is 0 Å². The summed E-state index contributed by atoms with van der Waals surface area (Å²) in [4.78, 5) is 0.163. The lowest BCUT2D eigenvalue weighted by Gasteiger charge is -2.16. The van der Waals surface area contributed by atoms with Crippen LogP contribution in [0.2, 0.25) is 0 Å². The Bertz CT molecular complexity index is 469. The number of rotatable bonds is 6.